The smallest absolute Gasteiger partial charge is 0.405 e. The van der Waals surface area contributed by atoms with E-state index in [-0.39, 0.29) is 24.2 Å². The van der Waals surface area contributed by atoms with Crippen molar-refractivity contribution in [2.75, 3.05) is 52.9 Å². The van der Waals surface area contributed by atoms with Gasteiger partial charge >= 0.3 is 17.9 Å². The van der Waals surface area contributed by atoms with Crippen molar-refractivity contribution in [2.24, 2.45) is 5.92 Å². The second kappa shape index (κ2) is 8.45. The maximum absolute atomic E-state index is 12.5. The fourth-order valence-corrected chi connectivity index (χ4v) is 3.44. The van der Waals surface area contributed by atoms with Crippen molar-refractivity contribution in [1.82, 2.24) is 30.2 Å². The molecule has 3 rings (SSSR count). The third-order valence-corrected chi connectivity index (χ3v) is 5.05. The van der Waals surface area contributed by atoms with Gasteiger partial charge in [-0.3, -0.25) is 9.69 Å². The summed E-state index contributed by atoms with van der Waals surface area (Å²) in [5, 5.41) is 18.1. The van der Waals surface area contributed by atoms with Crippen LogP contribution in [-0.2, 0) is 6.54 Å². The number of aromatic nitrogens is 2. The highest BCUT2D eigenvalue weighted by Gasteiger charge is 2.27. The summed E-state index contributed by atoms with van der Waals surface area (Å²) in [5.74, 6) is 0.444. The van der Waals surface area contributed by atoms with E-state index in [0.717, 1.165) is 25.6 Å². The Hall–Kier alpha value is -2.20. The molecule has 2 saturated heterocycles. The summed E-state index contributed by atoms with van der Waals surface area (Å²) in [6.07, 6.45) is 1.30. The Bertz CT molecular complexity index is 620. The van der Waals surface area contributed by atoms with Gasteiger partial charge in [-0.2, -0.15) is 0 Å². The number of nitrogens with one attached hydrogen (secondary N) is 1. The minimum atomic E-state index is -1.18. The number of piperidine rings is 1. The lowest BCUT2D eigenvalue weighted by Crippen LogP contribution is -2.50. The zero-order valence-corrected chi connectivity index (χ0v) is 15.1. The molecule has 10 heteroatoms. The molecule has 2 aliphatic rings. The number of hydrogen-bond acceptors (Lipinski definition) is 7. The summed E-state index contributed by atoms with van der Waals surface area (Å²) >= 11 is 0. The molecule has 1 aromatic rings. The number of hydrogen-bond donors (Lipinski definition) is 2. The Morgan fingerprint density at radius 2 is 1.85 bits per heavy atom. The maximum Gasteiger partial charge on any atom is 0.405 e. The Balaban J connectivity index is 1.44. The summed E-state index contributed by atoms with van der Waals surface area (Å²) in [5.41, 5.74) is 0. The normalized spacial score (nSPS) is 20.3. The van der Waals surface area contributed by atoms with Crippen LogP contribution in [0.3, 0.4) is 0 Å². The molecule has 0 aliphatic carbocycles. The van der Waals surface area contributed by atoms with Crippen molar-refractivity contribution in [3.05, 3.63) is 11.8 Å². The molecular weight excluding hydrogens is 340 g/mol. The monoisotopic (exact) mass is 366 g/mol. The predicted molar refractivity (Wildman–Crippen MR) is 91.7 cm³/mol. The molecule has 0 aromatic carbocycles. The lowest BCUT2D eigenvalue weighted by Gasteiger charge is -2.37. The van der Waals surface area contributed by atoms with Crippen LogP contribution in [0.25, 0.3) is 0 Å². The van der Waals surface area contributed by atoms with Gasteiger partial charge in [-0.1, -0.05) is 0 Å². The maximum atomic E-state index is 12.5. The van der Waals surface area contributed by atoms with E-state index in [1.807, 2.05) is 0 Å². The molecule has 0 spiro atoms. The lowest BCUT2D eigenvalue weighted by atomic mass is 9.96. The van der Waals surface area contributed by atoms with Crippen molar-refractivity contribution in [1.29, 1.82) is 0 Å². The standard InChI is InChI=1S/C16H26N6O4/c1-20-4-2-12(3-5-20)11-21-6-8-22(9-7-21)15(23)14-19-18-13(26-14)10-17-16(24)25/h12,17H,2-11H2,1H3,(H,24,25). The molecular formula is C16H26N6O4. The highest BCUT2D eigenvalue weighted by atomic mass is 16.4. The first kappa shape index (κ1) is 18.6. The summed E-state index contributed by atoms with van der Waals surface area (Å²) in [7, 11) is 2.17. The van der Waals surface area contributed by atoms with Crippen LogP contribution in [0.5, 0.6) is 0 Å². The largest absolute Gasteiger partial charge is 0.465 e. The Morgan fingerprint density at radius 1 is 1.15 bits per heavy atom. The molecule has 1 aromatic heterocycles. The van der Waals surface area contributed by atoms with Crippen molar-refractivity contribution in [2.45, 2.75) is 19.4 Å². The quantitative estimate of drug-likeness (QED) is 0.745. The Morgan fingerprint density at radius 3 is 2.50 bits per heavy atom. The van der Waals surface area contributed by atoms with E-state index in [9.17, 15) is 9.59 Å². The minimum absolute atomic E-state index is 0.0802. The van der Waals surface area contributed by atoms with Gasteiger partial charge in [-0.25, -0.2) is 4.79 Å². The van der Waals surface area contributed by atoms with Gasteiger partial charge in [0.15, 0.2) is 0 Å². The SMILES string of the molecule is CN1CCC(CN2CCN(C(=O)c3nnc(CNC(=O)O)o3)CC2)CC1. The molecule has 2 aliphatic heterocycles. The third kappa shape index (κ3) is 4.92. The minimum Gasteiger partial charge on any atom is -0.465 e. The van der Waals surface area contributed by atoms with Crippen LogP contribution in [0, 0.1) is 5.92 Å². The number of nitrogens with zero attached hydrogens (tertiary/aromatic N) is 5. The third-order valence-electron chi connectivity index (χ3n) is 5.05. The first-order valence-corrected chi connectivity index (χ1v) is 9.00. The van der Waals surface area contributed by atoms with Crippen LogP contribution < -0.4 is 5.32 Å². The summed E-state index contributed by atoms with van der Waals surface area (Å²) in [4.78, 5) is 29.4. The average Bonchev–Trinajstić information content (AvgIpc) is 3.11. The van der Waals surface area contributed by atoms with Crippen LogP contribution in [0.2, 0.25) is 0 Å². The second-order valence-corrected chi connectivity index (χ2v) is 7.00. The van der Waals surface area contributed by atoms with E-state index in [4.69, 9.17) is 9.52 Å². The van der Waals surface area contributed by atoms with Gasteiger partial charge in [-0.05, 0) is 38.9 Å². The molecule has 10 nitrogen and oxygen atoms in total. The second-order valence-electron chi connectivity index (χ2n) is 7.00. The average molecular weight is 366 g/mol. The highest BCUT2D eigenvalue weighted by molar-refractivity contribution is 5.89. The van der Waals surface area contributed by atoms with Gasteiger partial charge in [0.05, 0.1) is 6.54 Å². The van der Waals surface area contributed by atoms with E-state index < -0.39 is 6.09 Å². The molecule has 0 radical (unpaired) electrons. The number of amides is 2. The number of piperazine rings is 1. The van der Waals surface area contributed by atoms with Crippen LogP contribution >= 0.6 is 0 Å². The van der Waals surface area contributed by atoms with E-state index in [1.54, 1.807) is 4.90 Å². The fourth-order valence-electron chi connectivity index (χ4n) is 3.44. The summed E-state index contributed by atoms with van der Waals surface area (Å²) in [6.45, 7) is 6.28. The Labute approximate surface area is 152 Å². The number of carbonyl (C=O) groups is 2. The van der Waals surface area contributed by atoms with E-state index >= 15 is 0 Å². The fraction of sp³-hybridized carbons (Fsp3) is 0.750. The van der Waals surface area contributed by atoms with E-state index in [2.05, 4.69) is 32.4 Å². The van der Waals surface area contributed by atoms with Gasteiger partial charge in [0.25, 0.3) is 0 Å². The lowest BCUT2D eigenvalue weighted by molar-refractivity contribution is 0.0556. The molecule has 0 saturated carbocycles. The molecule has 2 N–H and O–H groups in total. The van der Waals surface area contributed by atoms with Crippen LogP contribution in [0.15, 0.2) is 4.42 Å². The van der Waals surface area contributed by atoms with E-state index in [1.165, 1.54) is 25.9 Å². The van der Waals surface area contributed by atoms with Crippen LogP contribution in [-0.4, -0.2) is 94.9 Å². The molecule has 2 fully saturated rings. The van der Waals surface area contributed by atoms with E-state index in [0.29, 0.717) is 13.1 Å². The van der Waals surface area contributed by atoms with Gasteiger partial charge in [0.2, 0.25) is 5.89 Å². The molecule has 26 heavy (non-hydrogen) atoms. The van der Waals surface area contributed by atoms with Crippen molar-refractivity contribution >= 4 is 12.0 Å². The van der Waals surface area contributed by atoms with Crippen molar-refractivity contribution in [3.8, 4) is 0 Å². The Kier molecular flexibility index (Phi) is 6.04. The van der Waals surface area contributed by atoms with Gasteiger partial charge in [-0.15, -0.1) is 10.2 Å². The summed E-state index contributed by atoms with van der Waals surface area (Å²) in [6, 6.07) is 0. The molecule has 0 atom stereocenters. The number of rotatable bonds is 5. The van der Waals surface area contributed by atoms with Gasteiger partial charge in [0.1, 0.15) is 0 Å². The zero-order valence-electron chi connectivity index (χ0n) is 15.1. The number of carboxylic acid groups (broad SMARTS) is 1. The van der Waals surface area contributed by atoms with Gasteiger partial charge < -0.3 is 24.6 Å². The molecule has 0 bridgehead atoms. The first-order valence-electron chi connectivity index (χ1n) is 9.00. The van der Waals surface area contributed by atoms with Gasteiger partial charge in [0, 0.05) is 32.7 Å². The highest BCUT2D eigenvalue weighted by Crippen LogP contribution is 2.18. The molecule has 2 amide bonds. The molecule has 3 heterocycles. The number of likely N-dealkylation sites (tertiary alicyclic amines) is 1. The number of carbonyl (C=O) groups excluding carboxylic acids is 1. The molecule has 0 unspecified atom stereocenters. The predicted octanol–water partition coefficient (Wildman–Crippen LogP) is -0.0632. The van der Waals surface area contributed by atoms with Crippen molar-refractivity contribution in [3.63, 3.8) is 0 Å². The zero-order chi connectivity index (χ0) is 18.5. The summed E-state index contributed by atoms with van der Waals surface area (Å²) < 4.78 is 5.25. The first-order chi connectivity index (χ1) is 12.5. The molecule has 144 valence electrons. The van der Waals surface area contributed by atoms with Crippen LogP contribution in [0.1, 0.15) is 29.4 Å². The topological polar surface area (TPSA) is 115 Å². The van der Waals surface area contributed by atoms with Crippen molar-refractivity contribution < 1.29 is 19.1 Å². The van der Waals surface area contributed by atoms with Crippen LogP contribution in [0.4, 0.5) is 4.79 Å².